The second-order valence-corrected chi connectivity index (χ2v) is 6.98. The van der Waals surface area contributed by atoms with Crippen molar-refractivity contribution in [3.8, 4) is 0 Å². The van der Waals surface area contributed by atoms with Gasteiger partial charge in [0.1, 0.15) is 5.00 Å². The smallest absolute Gasteiger partial charge is 0.341 e. The van der Waals surface area contributed by atoms with Crippen molar-refractivity contribution in [3.05, 3.63) is 60.0 Å². The summed E-state index contributed by atoms with van der Waals surface area (Å²) in [7, 11) is 0. The van der Waals surface area contributed by atoms with Crippen LogP contribution in [0.1, 0.15) is 33.3 Å². The number of benzene rings is 1. The third kappa shape index (κ3) is 4.49. The third-order valence-corrected chi connectivity index (χ3v) is 5.07. The fraction of sp³-hybridized carbons (Fsp3) is 0.294. The molecule has 1 amide bonds. The van der Waals surface area contributed by atoms with Crippen LogP contribution in [0.2, 0.25) is 0 Å². The van der Waals surface area contributed by atoms with Gasteiger partial charge in [-0.3, -0.25) is 25.0 Å². The van der Waals surface area contributed by atoms with Crippen molar-refractivity contribution < 1.29 is 24.2 Å². The third-order valence-electron chi connectivity index (χ3n) is 3.95. The molecule has 2 rings (SSSR count). The van der Waals surface area contributed by atoms with E-state index in [0.717, 1.165) is 17.0 Å². The van der Waals surface area contributed by atoms with Crippen LogP contribution >= 0.6 is 11.3 Å². The molecule has 1 aromatic heterocycles. The van der Waals surface area contributed by atoms with Crippen molar-refractivity contribution in [2.24, 2.45) is 0 Å². The predicted molar refractivity (Wildman–Crippen MR) is 102 cm³/mol. The molecule has 148 valence electrons. The lowest BCUT2D eigenvalue weighted by Crippen LogP contribution is -2.17. The molecule has 1 heterocycles. The van der Waals surface area contributed by atoms with Crippen LogP contribution in [0.3, 0.4) is 0 Å². The van der Waals surface area contributed by atoms with Gasteiger partial charge in [-0.25, -0.2) is 4.79 Å². The summed E-state index contributed by atoms with van der Waals surface area (Å²) in [6.07, 6.45) is -0.382. The van der Waals surface area contributed by atoms with E-state index < -0.39 is 33.1 Å². The number of nitro groups is 2. The Morgan fingerprint density at radius 3 is 2.43 bits per heavy atom. The molecule has 1 N–H and O–H groups in total. The van der Waals surface area contributed by atoms with Gasteiger partial charge in [0.25, 0.3) is 11.4 Å². The highest BCUT2D eigenvalue weighted by Gasteiger charge is 2.24. The molecule has 0 atom stereocenters. The zero-order chi connectivity index (χ0) is 21.0. The molecular weight excluding hydrogens is 390 g/mol. The van der Waals surface area contributed by atoms with E-state index in [0.29, 0.717) is 10.6 Å². The number of ether oxygens (including phenoxy) is 1. The van der Waals surface area contributed by atoms with Gasteiger partial charge in [0.05, 0.1) is 34.5 Å². The second kappa shape index (κ2) is 8.57. The Kier molecular flexibility index (Phi) is 6.41. The molecule has 0 aliphatic heterocycles. The van der Waals surface area contributed by atoms with E-state index in [4.69, 9.17) is 4.74 Å². The highest BCUT2D eigenvalue weighted by Crippen LogP contribution is 2.33. The largest absolute Gasteiger partial charge is 0.462 e. The van der Waals surface area contributed by atoms with E-state index in [1.165, 1.54) is 17.4 Å². The molecule has 0 unspecified atom stereocenters. The van der Waals surface area contributed by atoms with Crippen molar-refractivity contribution in [3.63, 3.8) is 0 Å². The number of amides is 1. The summed E-state index contributed by atoms with van der Waals surface area (Å²) in [5.41, 5.74) is -0.00906. The van der Waals surface area contributed by atoms with Crippen LogP contribution < -0.4 is 5.32 Å². The Labute approximate surface area is 163 Å². The van der Waals surface area contributed by atoms with Gasteiger partial charge in [-0.15, -0.1) is 11.3 Å². The van der Waals surface area contributed by atoms with Crippen LogP contribution in [-0.4, -0.2) is 28.3 Å². The Morgan fingerprint density at radius 1 is 1.18 bits per heavy atom. The maximum Gasteiger partial charge on any atom is 0.341 e. The quantitative estimate of drug-likeness (QED) is 0.420. The summed E-state index contributed by atoms with van der Waals surface area (Å²) in [5.74, 6) is -1.16. The molecule has 2 aromatic rings. The maximum atomic E-state index is 12.4. The fourth-order valence-corrected chi connectivity index (χ4v) is 3.56. The van der Waals surface area contributed by atoms with Gasteiger partial charge >= 0.3 is 5.97 Å². The summed E-state index contributed by atoms with van der Waals surface area (Å²) in [6, 6.07) is 3.08. The van der Waals surface area contributed by atoms with Gasteiger partial charge in [0, 0.05) is 16.5 Å². The summed E-state index contributed by atoms with van der Waals surface area (Å²) >= 11 is 1.19. The minimum absolute atomic E-state index is 0.0239. The lowest BCUT2D eigenvalue weighted by atomic mass is 10.1. The number of aryl methyl sites for hydroxylation is 1. The first kappa shape index (κ1) is 21.0. The van der Waals surface area contributed by atoms with Crippen molar-refractivity contribution in [1.82, 2.24) is 0 Å². The summed E-state index contributed by atoms with van der Waals surface area (Å²) in [5, 5.41) is 24.9. The average molecular weight is 407 g/mol. The van der Waals surface area contributed by atoms with Gasteiger partial charge < -0.3 is 10.1 Å². The van der Waals surface area contributed by atoms with Crippen molar-refractivity contribution in [1.29, 1.82) is 0 Å². The SMILES string of the molecule is CCOC(=O)c1c(NC(=O)Cc2ccc([N+](=O)[O-])cc2[N+](=O)[O-])sc(C)c1C. The van der Waals surface area contributed by atoms with Crippen molar-refractivity contribution >= 4 is 39.6 Å². The van der Waals surface area contributed by atoms with Crippen LogP contribution in [0.4, 0.5) is 16.4 Å². The zero-order valence-electron chi connectivity index (χ0n) is 15.3. The van der Waals surface area contributed by atoms with Crippen LogP contribution in [-0.2, 0) is 16.0 Å². The zero-order valence-corrected chi connectivity index (χ0v) is 16.1. The van der Waals surface area contributed by atoms with E-state index in [2.05, 4.69) is 5.32 Å². The fourth-order valence-electron chi connectivity index (χ4n) is 2.49. The number of carbonyl (C=O) groups excluding carboxylic acids is 2. The predicted octanol–water partition coefficient (Wildman–Crippen LogP) is 3.54. The summed E-state index contributed by atoms with van der Waals surface area (Å²) in [4.78, 5) is 45.9. The minimum atomic E-state index is -0.779. The molecule has 0 saturated heterocycles. The Hall–Kier alpha value is -3.34. The molecule has 0 aliphatic carbocycles. The van der Waals surface area contributed by atoms with E-state index in [9.17, 15) is 29.8 Å². The van der Waals surface area contributed by atoms with Crippen LogP contribution in [0, 0.1) is 34.1 Å². The van der Waals surface area contributed by atoms with E-state index in [1.807, 2.05) is 0 Å². The monoisotopic (exact) mass is 407 g/mol. The standard InChI is InChI=1S/C17H17N3O7S/c1-4-27-17(22)15-9(2)10(3)28-16(15)18-14(21)7-11-5-6-12(19(23)24)8-13(11)20(25)26/h5-6,8H,4,7H2,1-3H3,(H,18,21). The van der Waals surface area contributed by atoms with Gasteiger partial charge in [-0.05, 0) is 32.4 Å². The van der Waals surface area contributed by atoms with Crippen LogP contribution in [0.15, 0.2) is 18.2 Å². The molecule has 10 nitrogen and oxygen atoms in total. The molecule has 0 bridgehead atoms. The van der Waals surface area contributed by atoms with Gasteiger partial charge in [-0.1, -0.05) is 0 Å². The highest BCUT2D eigenvalue weighted by molar-refractivity contribution is 7.16. The first-order chi connectivity index (χ1) is 13.1. The maximum absolute atomic E-state index is 12.4. The van der Waals surface area contributed by atoms with Gasteiger partial charge in [0.15, 0.2) is 0 Å². The Balaban J connectivity index is 2.28. The van der Waals surface area contributed by atoms with Gasteiger partial charge in [0.2, 0.25) is 5.91 Å². The first-order valence-electron chi connectivity index (χ1n) is 8.14. The number of non-ortho nitro benzene ring substituents is 1. The molecule has 11 heteroatoms. The number of thiophene rings is 1. The number of nitrogens with one attached hydrogen (secondary N) is 1. The lowest BCUT2D eigenvalue weighted by Gasteiger charge is -2.07. The van der Waals surface area contributed by atoms with Crippen molar-refractivity contribution in [2.75, 3.05) is 11.9 Å². The molecular formula is C17H17N3O7S. The molecule has 0 fully saturated rings. The number of nitrogens with zero attached hydrogens (tertiary/aromatic N) is 2. The highest BCUT2D eigenvalue weighted by atomic mass is 32.1. The number of hydrogen-bond acceptors (Lipinski definition) is 8. The topological polar surface area (TPSA) is 142 Å². The molecule has 0 spiro atoms. The Bertz CT molecular complexity index is 968. The first-order valence-corrected chi connectivity index (χ1v) is 8.96. The number of rotatable bonds is 7. The number of carbonyl (C=O) groups is 2. The van der Waals surface area contributed by atoms with E-state index in [1.54, 1.807) is 20.8 Å². The average Bonchev–Trinajstić information content (AvgIpc) is 2.88. The molecule has 1 aromatic carbocycles. The molecule has 0 saturated carbocycles. The van der Waals surface area contributed by atoms with Crippen LogP contribution in [0.5, 0.6) is 0 Å². The molecule has 0 radical (unpaired) electrons. The van der Waals surface area contributed by atoms with Crippen LogP contribution in [0.25, 0.3) is 0 Å². The second-order valence-electron chi connectivity index (χ2n) is 5.76. The normalized spacial score (nSPS) is 10.4. The number of hydrogen-bond donors (Lipinski definition) is 1. The lowest BCUT2D eigenvalue weighted by molar-refractivity contribution is -0.394. The number of esters is 1. The number of anilines is 1. The minimum Gasteiger partial charge on any atom is -0.462 e. The van der Waals surface area contributed by atoms with E-state index in [-0.39, 0.29) is 24.2 Å². The summed E-state index contributed by atoms with van der Waals surface area (Å²) < 4.78 is 5.01. The van der Waals surface area contributed by atoms with Gasteiger partial charge in [-0.2, -0.15) is 0 Å². The molecule has 28 heavy (non-hydrogen) atoms. The number of nitro benzene ring substituents is 2. The van der Waals surface area contributed by atoms with Crippen molar-refractivity contribution in [2.45, 2.75) is 27.2 Å². The summed E-state index contributed by atoms with van der Waals surface area (Å²) in [6.45, 7) is 5.36. The Morgan fingerprint density at radius 2 is 1.86 bits per heavy atom. The molecule has 0 aliphatic rings. The van der Waals surface area contributed by atoms with E-state index >= 15 is 0 Å².